The predicted molar refractivity (Wildman–Crippen MR) is 76.4 cm³/mol. The fraction of sp³-hybridized carbons (Fsp3) is 0.846. The molecule has 0 aromatic carbocycles. The van der Waals surface area contributed by atoms with Gasteiger partial charge in [-0.3, -0.25) is 0 Å². The minimum absolute atomic E-state index is 0.186. The third-order valence-electron chi connectivity index (χ3n) is 2.38. The van der Waals surface area contributed by atoms with Crippen LogP contribution in [0.4, 0.5) is 0 Å². The summed E-state index contributed by atoms with van der Waals surface area (Å²) in [4.78, 5) is 0. The van der Waals surface area contributed by atoms with Gasteiger partial charge in [0, 0.05) is 0 Å². The van der Waals surface area contributed by atoms with Gasteiger partial charge >= 0.3 is 108 Å². The Labute approximate surface area is 108 Å². The summed E-state index contributed by atoms with van der Waals surface area (Å²) in [5.74, 6) is 0. The van der Waals surface area contributed by atoms with Crippen LogP contribution in [-0.2, 0) is 0 Å². The maximum atomic E-state index is 2.62. The average Bonchev–Trinajstić information content (AvgIpc) is 2.14. The van der Waals surface area contributed by atoms with E-state index in [1.807, 2.05) is 3.24 Å². The second-order valence-electron chi connectivity index (χ2n) is 5.16. The number of unbranched alkanes of at least 4 members (excludes halogenated alkanes) is 3. The van der Waals surface area contributed by atoms with Crippen molar-refractivity contribution in [3.63, 3.8) is 0 Å². The molecule has 2 heteroatoms. The topological polar surface area (TPSA) is 0 Å². The van der Waals surface area contributed by atoms with Crippen LogP contribution >= 0.6 is 0 Å². The second kappa shape index (κ2) is 8.85. The Morgan fingerprint density at radius 1 is 1.07 bits per heavy atom. The van der Waals surface area contributed by atoms with Crippen molar-refractivity contribution in [3.05, 3.63) is 9.32 Å². The molecule has 0 aromatic heterocycles. The average molecular weight is 340 g/mol. The van der Waals surface area contributed by atoms with Crippen LogP contribution in [0.3, 0.4) is 0 Å². The van der Waals surface area contributed by atoms with Gasteiger partial charge in [0.2, 0.25) is 0 Å². The molecule has 0 aliphatic rings. The summed E-state index contributed by atoms with van der Waals surface area (Å²) in [6.07, 6.45) is 9.51. The first-order valence-corrected chi connectivity index (χ1v) is 12.7. The van der Waals surface area contributed by atoms with E-state index in [0.29, 0.717) is 0 Å². The second-order valence-corrected chi connectivity index (χ2v) is 14.6. The van der Waals surface area contributed by atoms with Gasteiger partial charge in [-0.1, -0.05) is 0 Å². The van der Waals surface area contributed by atoms with E-state index < -0.39 is 8.07 Å². The van der Waals surface area contributed by atoms with Gasteiger partial charge in [0.15, 0.2) is 0 Å². The minimum atomic E-state index is -0.968. The Hall–Kier alpha value is 0.746. The molecule has 0 bridgehead atoms. The van der Waals surface area contributed by atoms with Gasteiger partial charge in [0.05, 0.1) is 0 Å². The molecule has 0 spiro atoms. The van der Waals surface area contributed by atoms with E-state index >= 15 is 0 Å². The molecule has 0 aliphatic heterocycles. The zero-order valence-corrected chi connectivity index (χ0v) is 14.6. The van der Waals surface area contributed by atoms with Crippen LogP contribution < -0.4 is 0 Å². The first-order chi connectivity index (χ1) is 7.02. The summed E-state index contributed by atoms with van der Waals surface area (Å²) >= 11 is 0.186. The fourth-order valence-electron chi connectivity index (χ4n) is 1.35. The Balaban J connectivity index is 4.13. The molecule has 0 N–H and O–H groups in total. The Morgan fingerprint density at radius 3 is 2.13 bits per heavy atom. The van der Waals surface area contributed by atoms with Crippen molar-refractivity contribution in [2.24, 2.45) is 0 Å². The fourth-order valence-corrected chi connectivity index (χ4v) is 9.46. The molecule has 0 amide bonds. The third kappa shape index (κ3) is 8.54. The third-order valence-corrected chi connectivity index (χ3v) is 13.0. The van der Waals surface area contributed by atoms with Crippen molar-refractivity contribution in [2.45, 2.75) is 70.1 Å². The standard InChI is InChI=1S/C13H28SiTe/c1-6-8-10-11-13(14(3,4)5)15-12-9-7-2/h11H,6-10,12H2,1-5H3/b13-11+. The SMILES string of the molecule is CCCC/C=C(/[Te]CCCC)[Si](C)(C)C. The van der Waals surface area contributed by atoms with Crippen molar-refractivity contribution in [3.8, 4) is 0 Å². The molecule has 0 fully saturated rings. The molecule has 0 radical (unpaired) electrons. The summed E-state index contributed by atoms with van der Waals surface area (Å²) in [5.41, 5.74) is 0. The summed E-state index contributed by atoms with van der Waals surface area (Å²) in [6, 6.07) is 0. The predicted octanol–water partition coefficient (Wildman–Crippen LogP) is 4.86. The van der Waals surface area contributed by atoms with Crippen LogP contribution in [0.2, 0.25) is 24.1 Å². The number of hydrogen-bond donors (Lipinski definition) is 0. The van der Waals surface area contributed by atoms with Crippen molar-refractivity contribution in [2.75, 3.05) is 0 Å². The quantitative estimate of drug-likeness (QED) is 0.437. The summed E-state index contributed by atoms with van der Waals surface area (Å²) in [7, 11) is -0.968. The molecule has 0 unspecified atom stereocenters. The van der Waals surface area contributed by atoms with E-state index in [9.17, 15) is 0 Å². The van der Waals surface area contributed by atoms with Gasteiger partial charge in [-0.15, -0.1) is 0 Å². The zero-order chi connectivity index (χ0) is 11.7. The Morgan fingerprint density at radius 2 is 1.67 bits per heavy atom. The van der Waals surface area contributed by atoms with Crippen LogP contribution in [-0.4, -0.2) is 29.0 Å². The van der Waals surface area contributed by atoms with E-state index in [1.54, 1.807) is 0 Å². The number of allylic oxidation sites excluding steroid dienone is 1. The summed E-state index contributed by atoms with van der Waals surface area (Å²) in [5, 5.41) is 0. The van der Waals surface area contributed by atoms with Gasteiger partial charge in [0.1, 0.15) is 0 Å². The van der Waals surface area contributed by atoms with Gasteiger partial charge in [-0.25, -0.2) is 0 Å². The summed E-state index contributed by atoms with van der Waals surface area (Å²) < 4.78 is 3.47. The van der Waals surface area contributed by atoms with E-state index in [2.05, 4.69) is 39.6 Å². The normalized spacial score (nSPS) is 13.3. The maximum absolute atomic E-state index is 2.62. The first-order valence-electron chi connectivity index (χ1n) is 6.35. The Kier molecular flexibility index (Phi) is 9.29. The molecule has 0 saturated carbocycles. The van der Waals surface area contributed by atoms with Gasteiger partial charge < -0.3 is 0 Å². The van der Waals surface area contributed by atoms with Crippen LogP contribution in [0.15, 0.2) is 9.32 Å². The molecule has 0 heterocycles. The number of hydrogen-bond acceptors (Lipinski definition) is 0. The molecule has 90 valence electrons. The molecular weight excluding hydrogens is 312 g/mol. The zero-order valence-electron chi connectivity index (χ0n) is 11.2. The van der Waals surface area contributed by atoms with Gasteiger partial charge in [0.25, 0.3) is 0 Å². The first kappa shape index (κ1) is 15.7. The van der Waals surface area contributed by atoms with Crippen LogP contribution in [0.25, 0.3) is 0 Å². The summed E-state index contributed by atoms with van der Waals surface area (Å²) in [6.45, 7) is 12.1. The van der Waals surface area contributed by atoms with Crippen molar-refractivity contribution < 1.29 is 0 Å². The van der Waals surface area contributed by atoms with E-state index in [1.165, 1.54) is 36.6 Å². The molecular formula is C13H28SiTe. The van der Waals surface area contributed by atoms with Gasteiger partial charge in [-0.05, 0) is 0 Å². The molecule has 15 heavy (non-hydrogen) atoms. The molecule has 0 nitrogen and oxygen atoms in total. The van der Waals surface area contributed by atoms with Crippen LogP contribution in [0.1, 0.15) is 46.0 Å². The molecule has 0 aromatic rings. The Bertz CT molecular complexity index is 179. The van der Waals surface area contributed by atoms with Crippen LogP contribution in [0, 0.1) is 0 Å². The van der Waals surface area contributed by atoms with E-state index in [-0.39, 0.29) is 20.9 Å². The monoisotopic (exact) mass is 342 g/mol. The van der Waals surface area contributed by atoms with Crippen molar-refractivity contribution >= 4 is 29.0 Å². The van der Waals surface area contributed by atoms with E-state index in [4.69, 9.17) is 0 Å². The molecule has 0 atom stereocenters. The molecule has 0 saturated heterocycles. The van der Waals surface area contributed by atoms with Crippen molar-refractivity contribution in [1.29, 1.82) is 0 Å². The van der Waals surface area contributed by atoms with E-state index in [0.717, 1.165) is 0 Å². The molecule has 0 aliphatic carbocycles. The number of rotatable bonds is 8. The van der Waals surface area contributed by atoms with Gasteiger partial charge in [-0.2, -0.15) is 0 Å². The molecule has 0 rings (SSSR count). The van der Waals surface area contributed by atoms with Crippen molar-refractivity contribution in [1.82, 2.24) is 0 Å². The van der Waals surface area contributed by atoms with Crippen LogP contribution in [0.5, 0.6) is 0 Å².